The molecule has 0 aromatic carbocycles. The Bertz CT molecular complexity index is 191. The first kappa shape index (κ1) is 15.9. The maximum Gasteiger partial charge on any atom is 0.0433 e. The Kier molecular flexibility index (Phi) is 8.64. The van der Waals surface area contributed by atoms with Gasteiger partial charge in [-0.25, -0.2) is 0 Å². The van der Waals surface area contributed by atoms with E-state index in [1.54, 1.807) is 0 Å². The van der Waals surface area contributed by atoms with Gasteiger partial charge in [0.05, 0.1) is 0 Å². The number of nitrogens with zero attached hydrogens (tertiary/aromatic N) is 2. The Morgan fingerprint density at radius 2 is 1.72 bits per heavy atom. The van der Waals surface area contributed by atoms with Gasteiger partial charge in [0.1, 0.15) is 0 Å². The molecule has 1 fully saturated rings. The van der Waals surface area contributed by atoms with Crippen LogP contribution in [0.3, 0.4) is 0 Å². The van der Waals surface area contributed by atoms with Crippen molar-refractivity contribution in [1.82, 2.24) is 9.80 Å². The van der Waals surface area contributed by atoms with Gasteiger partial charge in [0.25, 0.3) is 0 Å². The summed E-state index contributed by atoms with van der Waals surface area (Å²) in [5, 5.41) is 8.95. The standard InChI is InChI=1S/C15H32N2O/c1-3-15(8-14-18)7-5-4-6-9-17-12-10-16(2)11-13-17/h15,18H,3-14H2,1-2H3. The molecule has 1 atom stereocenters. The number of piperazine rings is 1. The molecule has 0 saturated carbocycles. The molecule has 0 aliphatic carbocycles. The van der Waals surface area contributed by atoms with Gasteiger partial charge >= 0.3 is 0 Å². The molecule has 108 valence electrons. The van der Waals surface area contributed by atoms with Crippen molar-refractivity contribution in [3.05, 3.63) is 0 Å². The van der Waals surface area contributed by atoms with Crippen molar-refractivity contribution in [3.8, 4) is 0 Å². The van der Waals surface area contributed by atoms with E-state index < -0.39 is 0 Å². The van der Waals surface area contributed by atoms with Gasteiger partial charge in [-0.3, -0.25) is 0 Å². The molecule has 0 bridgehead atoms. The SMILES string of the molecule is CCC(CCO)CCCCCN1CCN(C)CC1. The molecule has 0 amide bonds. The lowest BCUT2D eigenvalue weighted by atomic mass is 9.95. The summed E-state index contributed by atoms with van der Waals surface area (Å²) in [5.74, 6) is 0.749. The van der Waals surface area contributed by atoms with E-state index >= 15 is 0 Å². The highest BCUT2D eigenvalue weighted by Gasteiger charge is 2.12. The summed E-state index contributed by atoms with van der Waals surface area (Å²) in [6.07, 6.45) is 7.56. The molecule has 0 aromatic rings. The molecular weight excluding hydrogens is 224 g/mol. The number of likely N-dealkylation sites (N-methyl/N-ethyl adjacent to an activating group) is 1. The van der Waals surface area contributed by atoms with Crippen molar-refractivity contribution < 1.29 is 5.11 Å². The normalized spacial score (nSPS) is 20.2. The second kappa shape index (κ2) is 9.76. The first-order valence-electron chi connectivity index (χ1n) is 7.78. The van der Waals surface area contributed by atoms with Gasteiger partial charge < -0.3 is 14.9 Å². The number of aliphatic hydroxyl groups excluding tert-OH is 1. The van der Waals surface area contributed by atoms with E-state index in [1.807, 2.05) is 0 Å². The second-order valence-electron chi connectivity index (χ2n) is 5.78. The van der Waals surface area contributed by atoms with E-state index in [-0.39, 0.29) is 0 Å². The third-order valence-electron chi connectivity index (χ3n) is 4.30. The minimum absolute atomic E-state index is 0.361. The Balaban J connectivity index is 1.94. The fraction of sp³-hybridized carbons (Fsp3) is 1.00. The van der Waals surface area contributed by atoms with Crippen LogP contribution >= 0.6 is 0 Å². The summed E-state index contributed by atoms with van der Waals surface area (Å²) < 4.78 is 0. The smallest absolute Gasteiger partial charge is 0.0433 e. The molecule has 1 heterocycles. The number of unbranched alkanes of at least 4 members (excludes halogenated alkanes) is 2. The van der Waals surface area contributed by atoms with Gasteiger partial charge in [0.15, 0.2) is 0 Å². The summed E-state index contributed by atoms with van der Waals surface area (Å²) in [6, 6.07) is 0. The Hall–Kier alpha value is -0.120. The molecule has 3 nitrogen and oxygen atoms in total. The van der Waals surface area contributed by atoms with Crippen molar-refractivity contribution in [2.24, 2.45) is 5.92 Å². The highest BCUT2D eigenvalue weighted by Crippen LogP contribution is 2.17. The highest BCUT2D eigenvalue weighted by molar-refractivity contribution is 4.69. The van der Waals surface area contributed by atoms with Crippen LogP contribution in [0.2, 0.25) is 0 Å². The van der Waals surface area contributed by atoms with Crippen molar-refractivity contribution in [2.75, 3.05) is 46.4 Å². The van der Waals surface area contributed by atoms with Gasteiger partial charge in [-0.05, 0) is 32.4 Å². The number of aliphatic hydroxyl groups is 1. The van der Waals surface area contributed by atoms with Crippen molar-refractivity contribution in [2.45, 2.75) is 45.4 Å². The largest absolute Gasteiger partial charge is 0.396 e. The van der Waals surface area contributed by atoms with Crippen LogP contribution in [0.15, 0.2) is 0 Å². The van der Waals surface area contributed by atoms with Gasteiger partial charge in [-0.2, -0.15) is 0 Å². The molecule has 18 heavy (non-hydrogen) atoms. The molecule has 0 radical (unpaired) electrons. The van der Waals surface area contributed by atoms with Crippen LogP contribution in [-0.2, 0) is 0 Å². The average molecular weight is 256 g/mol. The van der Waals surface area contributed by atoms with Crippen LogP contribution in [0.25, 0.3) is 0 Å². The van der Waals surface area contributed by atoms with Crippen molar-refractivity contribution in [1.29, 1.82) is 0 Å². The fourth-order valence-corrected chi connectivity index (χ4v) is 2.75. The number of hydrogen-bond donors (Lipinski definition) is 1. The molecule has 3 heteroatoms. The third kappa shape index (κ3) is 6.72. The zero-order valence-corrected chi connectivity index (χ0v) is 12.4. The van der Waals surface area contributed by atoms with E-state index in [9.17, 15) is 0 Å². The molecule has 0 spiro atoms. The number of hydrogen-bond acceptors (Lipinski definition) is 3. The zero-order chi connectivity index (χ0) is 13.2. The molecular formula is C15H32N2O. The van der Waals surface area contributed by atoms with Crippen LogP contribution in [0.4, 0.5) is 0 Å². The topological polar surface area (TPSA) is 26.7 Å². The highest BCUT2D eigenvalue weighted by atomic mass is 16.3. The van der Waals surface area contributed by atoms with Crippen molar-refractivity contribution >= 4 is 0 Å². The second-order valence-corrected chi connectivity index (χ2v) is 5.78. The monoisotopic (exact) mass is 256 g/mol. The maximum atomic E-state index is 8.95. The molecule has 1 aliphatic heterocycles. The Morgan fingerprint density at radius 1 is 1.00 bits per heavy atom. The minimum atomic E-state index is 0.361. The van der Waals surface area contributed by atoms with Crippen LogP contribution in [0.1, 0.15) is 45.4 Å². The van der Waals surface area contributed by atoms with Crippen LogP contribution in [0, 0.1) is 5.92 Å². The van der Waals surface area contributed by atoms with Gasteiger partial charge in [0, 0.05) is 32.8 Å². The van der Waals surface area contributed by atoms with E-state index in [2.05, 4.69) is 23.8 Å². The minimum Gasteiger partial charge on any atom is -0.396 e. The van der Waals surface area contributed by atoms with E-state index in [0.717, 1.165) is 12.3 Å². The van der Waals surface area contributed by atoms with Crippen LogP contribution < -0.4 is 0 Å². The molecule has 1 unspecified atom stereocenters. The van der Waals surface area contributed by atoms with E-state index in [4.69, 9.17) is 5.11 Å². The maximum absolute atomic E-state index is 8.95. The first-order chi connectivity index (χ1) is 8.76. The molecule has 1 saturated heterocycles. The summed E-state index contributed by atoms with van der Waals surface area (Å²) in [4.78, 5) is 5.02. The molecule has 1 aliphatic rings. The quantitative estimate of drug-likeness (QED) is 0.641. The lowest BCUT2D eigenvalue weighted by Crippen LogP contribution is -2.44. The first-order valence-corrected chi connectivity index (χ1v) is 7.78. The predicted octanol–water partition coefficient (Wildman–Crippen LogP) is 2.20. The summed E-state index contributed by atoms with van der Waals surface area (Å²) in [6.45, 7) is 8.84. The van der Waals surface area contributed by atoms with Crippen molar-refractivity contribution in [3.63, 3.8) is 0 Å². The molecule has 1 rings (SSSR count). The van der Waals surface area contributed by atoms with Gasteiger partial charge in [-0.15, -0.1) is 0 Å². The Morgan fingerprint density at radius 3 is 2.33 bits per heavy atom. The Labute approximate surface area is 113 Å². The fourth-order valence-electron chi connectivity index (χ4n) is 2.75. The summed E-state index contributed by atoms with van der Waals surface area (Å²) >= 11 is 0. The average Bonchev–Trinajstić information content (AvgIpc) is 2.39. The van der Waals surface area contributed by atoms with E-state index in [1.165, 1.54) is 64.8 Å². The number of rotatable bonds is 9. The van der Waals surface area contributed by atoms with Gasteiger partial charge in [-0.1, -0.05) is 32.6 Å². The van der Waals surface area contributed by atoms with Crippen LogP contribution in [-0.4, -0.2) is 61.3 Å². The van der Waals surface area contributed by atoms with Gasteiger partial charge in [0.2, 0.25) is 0 Å². The lowest BCUT2D eigenvalue weighted by molar-refractivity contribution is 0.151. The van der Waals surface area contributed by atoms with E-state index in [0.29, 0.717) is 6.61 Å². The zero-order valence-electron chi connectivity index (χ0n) is 12.4. The summed E-state index contributed by atoms with van der Waals surface area (Å²) in [5.41, 5.74) is 0. The third-order valence-corrected chi connectivity index (χ3v) is 4.30. The molecule has 1 N–H and O–H groups in total. The summed E-state index contributed by atoms with van der Waals surface area (Å²) in [7, 11) is 2.21. The molecule has 0 aromatic heterocycles. The van der Waals surface area contributed by atoms with Crippen LogP contribution in [0.5, 0.6) is 0 Å². The predicted molar refractivity (Wildman–Crippen MR) is 77.9 cm³/mol. The lowest BCUT2D eigenvalue weighted by Gasteiger charge is -2.32.